The Morgan fingerprint density at radius 3 is 2.19 bits per heavy atom. The first-order valence-electron chi connectivity index (χ1n) is 7.88. The number of nitrogens with one attached hydrogen (secondary N) is 1. The molecular weight excluding hydrogens is 404 g/mol. The second-order valence-corrected chi connectivity index (χ2v) is 6.59. The van der Waals surface area contributed by atoms with Gasteiger partial charge < -0.3 is 10.2 Å². The number of allylic oxidation sites excluding steroid dienone is 2. The molecule has 0 fully saturated rings. The maximum atomic E-state index is 13.0. The summed E-state index contributed by atoms with van der Waals surface area (Å²) in [7, 11) is 3.50. The van der Waals surface area contributed by atoms with Gasteiger partial charge in [-0.2, -0.15) is 13.2 Å². The highest BCUT2D eigenvalue weighted by Gasteiger charge is 2.39. The normalized spacial score (nSPS) is 13.9. The van der Waals surface area contributed by atoms with E-state index in [4.69, 9.17) is 11.6 Å². The number of rotatable bonds is 6. The van der Waals surface area contributed by atoms with Crippen LogP contribution in [-0.2, 0) is 4.79 Å². The summed E-state index contributed by atoms with van der Waals surface area (Å²) >= 11 is 9.49. The van der Waals surface area contributed by atoms with Gasteiger partial charge in [-0.1, -0.05) is 30.7 Å². The molecule has 1 atom stereocenters. The summed E-state index contributed by atoms with van der Waals surface area (Å²) in [6, 6.07) is 4.03. The van der Waals surface area contributed by atoms with Gasteiger partial charge in [0, 0.05) is 30.9 Å². The number of aldehydes is 1. The van der Waals surface area contributed by atoms with E-state index in [1.165, 1.54) is 37.4 Å². The van der Waals surface area contributed by atoms with E-state index in [0.717, 1.165) is 0 Å². The van der Waals surface area contributed by atoms with Crippen molar-refractivity contribution in [1.82, 2.24) is 10.2 Å². The minimum atomic E-state index is -4.29. The number of alkyl halides is 3. The van der Waals surface area contributed by atoms with Crippen LogP contribution in [0.1, 0.15) is 25.5 Å². The minimum absolute atomic E-state index is 0.0538. The third-order valence-corrected chi connectivity index (χ3v) is 3.63. The molecule has 1 aromatic carbocycles. The van der Waals surface area contributed by atoms with E-state index in [1.807, 2.05) is 0 Å². The lowest BCUT2D eigenvalue weighted by molar-refractivity contribution is -0.157. The van der Waals surface area contributed by atoms with Crippen LogP contribution in [0.15, 0.2) is 46.8 Å². The van der Waals surface area contributed by atoms with Crippen molar-refractivity contribution in [2.75, 3.05) is 20.6 Å². The summed E-state index contributed by atoms with van der Waals surface area (Å²) in [5.41, 5.74) is 0.229. The molecule has 1 rings (SSSR count). The molecule has 0 aliphatic heterocycles. The van der Waals surface area contributed by atoms with Gasteiger partial charge in [0.2, 0.25) is 0 Å². The van der Waals surface area contributed by atoms with E-state index < -0.39 is 18.0 Å². The maximum Gasteiger partial charge on any atom is 0.407 e. The van der Waals surface area contributed by atoms with Crippen LogP contribution < -0.4 is 5.32 Å². The number of hydrogen-bond donors (Lipinski definition) is 2. The molecule has 0 unspecified atom stereocenters. The number of carbonyl (C=O) groups is 1. The summed E-state index contributed by atoms with van der Waals surface area (Å²) < 4.78 is 50.8. The van der Waals surface area contributed by atoms with Gasteiger partial charge in [0.15, 0.2) is 0 Å². The lowest BCUT2D eigenvalue weighted by Crippen LogP contribution is -2.33. The second kappa shape index (κ2) is 12.0. The number of carbonyl (C=O) groups excluding carboxylic acids is 1. The van der Waals surface area contributed by atoms with Gasteiger partial charge in [-0.15, -0.1) is 12.6 Å². The SMILES string of the molecule is C/C(C=O)=C(F)/C(S)=C\N(C)C.CCN[C@H](c1ccc(Cl)cc1)C(F)(F)F. The van der Waals surface area contributed by atoms with E-state index in [2.05, 4.69) is 17.9 Å². The minimum Gasteiger partial charge on any atom is -0.383 e. The molecule has 3 nitrogen and oxygen atoms in total. The zero-order chi connectivity index (χ0) is 21.2. The molecular formula is C18H23ClF4N2OS. The Labute approximate surface area is 167 Å². The van der Waals surface area contributed by atoms with Crippen LogP contribution in [0.2, 0.25) is 5.02 Å². The zero-order valence-electron chi connectivity index (χ0n) is 15.4. The predicted octanol–water partition coefficient (Wildman–Crippen LogP) is 5.31. The first-order valence-corrected chi connectivity index (χ1v) is 8.71. The molecule has 0 radical (unpaired) electrons. The van der Waals surface area contributed by atoms with Crippen molar-refractivity contribution in [1.29, 1.82) is 0 Å². The molecule has 0 aliphatic carbocycles. The van der Waals surface area contributed by atoms with Gasteiger partial charge in [0.05, 0.1) is 4.91 Å². The molecule has 0 heterocycles. The van der Waals surface area contributed by atoms with Crippen LogP contribution in [0.3, 0.4) is 0 Å². The van der Waals surface area contributed by atoms with Gasteiger partial charge in [-0.25, -0.2) is 4.39 Å². The monoisotopic (exact) mass is 426 g/mol. The average molecular weight is 427 g/mol. The number of hydrogen-bond acceptors (Lipinski definition) is 4. The van der Waals surface area contributed by atoms with Crippen molar-refractivity contribution in [3.8, 4) is 0 Å². The molecule has 1 aromatic rings. The van der Waals surface area contributed by atoms with Crippen molar-refractivity contribution < 1.29 is 22.4 Å². The smallest absolute Gasteiger partial charge is 0.383 e. The average Bonchev–Trinajstić information content (AvgIpc) is 2.58. The molecule has 0 saturated heterocycles. The van der Waals surface area contributed by atoms with Gasteiger partial charge in [-0.05, 0) is 31.2 Å². The van der Waals surface area contributed by atoms with Crippen molar-refractivity contribution in [2.24, 2.45) is 0 Å². The summed E-state index contributed by atoms with van der Waals surface area (Å²) in [6.45, 7) is 3.30. The van der Waals surface area contributed by atoms with Gasteiger partial charge in [-0.3, -0.25) is 4.79 Å². The number of thiol groups is 1. The molecule has 27 heavy (non-hydrogen) atoms. The van der Waals surface area contributed by atoms with Crippen molar-refractivity contribution >= 4 is 30.5 Å². The summed E-state index contributed by atoms with van der Waals surface area (Å²) in [4.78, 5) is 12.0. The number of halogens is 5. The standard InChI is InChI=1S/C10H11ClF3N.C8H12FNOS/c1-2-15-9(10(12,13)14)7-3-5-8(11)6-4-7;1-6(5-11)8(9)7(12)4-10(2)3/h3-6,9,15H,2H2,1H3;4-5,12H,1-3H3/b;7-4+,8-6+/t9-;/m1./s1. The van der Waals surface area contributed by atoms with Crippen LogP contribution in [-0.4, -0.2) is 38.0 Å². The van der Waals surface area contributed by atoms with Crippen LogP contribution in [0, 0.1) is 0 Å². The van der Waals surface area contributed by atoms with Gasteiger partial charge in [0.25, 0.3) is 0 Å². The lowest BCUT2D eigenvalue weighted by Gasteiger charge is -2.21. The predicted molar refractivity (Wildman–Crippen MR) is 105 cm³/mol. The van der Waals surface area contributed by atoms with E-state index in [0.29, 0.717) is 11.3 Å². The third kappa shape index (κ3) is 9.83. The van der Waals surface area contributed by atoms with E-state index in [1.54, 1.807) is 25.9 Å². The van der Waals surface area contributed by atoms with Crippen molar-refractivity contribution in [2.45, 2.75) is 26.1 Å². The Balaban J connectivity index is 0.000000516. The van der Waals surface area contributed by atoms with Crippen LogP contribution >= 0.6 is 24.2 Å². The topological polar surface area (TPSA) is 32.3 Å². The summed E-state index contributed by atoms with van der Waals surface area (Å²) in [5, 5.41) is 2.82. The van der Waals surface area contributed by atoms with Gasteiger partial charge in [0.1, 0.15) is 18.2 Å². The fraction of sp³-hybridized carbons (Fsp3) is 0.389. The first-order chi connectivity index (χ1) is 12.4. The molecule has 0 amide bonds. The molecule has 0 bridgehead atoms. The zero-order valence-corrected chi connectivity index (χ0v) is 17.1. The molecule has 0 aromatic heterocycles. The number of nitrogens with zero attached hydrogens (tertiary/aromatic N) is 1. The third-order valence-electron chi connectivity index (χ3n) is 3.07. The first kappa shape index (κ1) is 25.5. The maximum absolute atomic E-state index is 13.0. The highest BCUT2D eigenvalue weighted by atomic mass is 35.5. The van der Waals surface area contributed by atoms with Crippen LogP contribution in [0.5, 0.6) is 0 Å². The van der Waals surface area contributed by atoms with E-state index in [9.17, 15) is 22.4 Å². The quantitative estimate of drug-likeness (QED) is 0.212. The molecule has 9 heteroatoms. The van der Waals surface area contributed by atoms with Crippen LogP contribution in [0.25, 0.3) is 0 Å². The van der Waals surface area contributed by atoms with Gasteiger partial charge >= 0.3 is 6.18 Å². The molecule has 0 aliphatic rings. The largest absolute Gasteiger partial charge is 0.407 e. The summed E-state index contributed by atoms with van der Waals surface area (Å²) in [5.74, 6) is -0.581. The second-order valence-electron chi connectivity index (χ2n) is 5.68. The molecule has 1 N–H and O–H groups in total. The Bertz CT molecular complexity index is 658. The highest BCUT2D eigenvalue weighted by Crippen LogP contribution is 2.32. The summed E-state index contributed by atoms with van der Waals surface area (Å²) in [6.07, 6.45) is -2.33. The highest BCUT2D eigenvalue weighted by molar-refractivity contribution is 7.84. The Hall–Kier alpha value is -1.51. The number of benzene rings is 1. The Morgan fingerprint density at radius 1 is 1.30 bits per heavy atom. The van der Waals surface area contributed by atoms with E-state index in [-0.39, 0.29) is 22.6 Å². The van der Waals surface area contributed by atoms with Crippen LogP contribution in [0.4, 0.5) is 17.6 Å². The van der Waals surface area contributed by atoms with Crippen molar-refractivity contribution in [3.05, 3.63) is 57.4 Å². The molecule has 0 saturated carbocycles. The van der Waals surface area contributed by atoms with E-state index >= 15 is 0 Å². The Kier molecular flexibility index (Phi) is 11.4. The molecule has 152 valence electrons. The fourth-order valence-electron chi connectivity index (χ4n) is 1.84. The lowest BCUT2D eigenvalue weighted by atomic mass is 10.1. The van der Waals surface area contributed by atoms with Crippen molar-refractivity contribution in [3.63, 3.8) is 0 Å². The Morgan fingerprint density at radius 2 is 1.81 bits per heavy atom. The molecule has 0 spiro atoms. The fourth-order valence-corrected chi connectivity index (χ4v) is 2.37.